The molecule has 0 fully saturated rings. The molecule has 0 unspecified atom stereocenters. The Kier molecular flexibility index (Phi) is 16.1. The molecule has 0 saturated carbocycles. The maximum absolute atomic E-state index is 13.7. The van der Waals surface area contributed by atoms with Crippen molar-refractivity contribution in [3.05, 3.63) is 58.4 Å². The Morgan fingerprint density at radius 2 is 1.32 bits per heavy atom. The molecule has 0 bridgehead atoms. The van der Waals surface area contributed by atoms with Gasteiger partial charge in [-0.2, -0.15) is 0 Å². The first kappa shape index (κ1) is 37.4. The Balaban J connectivity index is 1.84. The number of fused-ring (bicyclic) bond motifs is 1. The number of ether oxygens (including phenoxy) is 5. The molecule has 0 amide bonds. The van der Waals surface area contributed by atoms with E-state index in [9.17, 15) is 19.2 Å². The van der Waals surface area contributed by atoms with Gasteiger partial charge in [-0.05, 0) is 62.1 Å². The van der Waals surface area contributed by atoms with Gasteiger partial charge in [-0.15, -0.1) is 0 Å². The molecule has 11 nitrogen and oxygen atoms in total. The molecule has 0 aliphatic heterocycles. The first-order valence-electron chi connectivity index (χ1n) is 16.1. The number of esters is 2. The molecule has 1 heterocycles. The van der Waals surface area contributed by atoms with Crippen molar-refractivity contribution in [2.24, 2.45) is 0 Å². The Labute approximate surface area is 275 Å². The monoisotopic (exact) mass is 654 g/mol. The SMILES string of the molecule is COCCCCCC(=O)Oc1cc2occ(-c3ccc([C@@H](CCCCC(=O)O)OC)cc3)c(=O)c2cc1OC(=O)CCCCCOC. The summed E-state index contributed by atoms with van der Waals surface area (Å²) in [6.07, 6.45) is 7.93. The highest BCUT2D eigenvalue weighted by molar-refractivity contribution is 5.87. The number of aliphatic carboxylic acids is 1. The van der Waals surface area contributed by atoms with Crippen LogP contribution in [0, 0.1) is 0 Å². The van der Waals surface area contributed by atoms with Crippen molar-refractivity contribution in [3.63, 3.8) is 0 Å². The van der Waals surface area contributed by atoms with E-state index in [1.165, 1.54) is 18.4 Å². The predicted octanol–water partition coefficient (Wildman–Crippen LogP) is 7.02. The number of unbranched alkanes of at least 4 members (excludes halogenated alkanes) is 5. The maximum atomic E-state index is 13.7. The largest absolute Gasteiger partial charge is 0.481 e. The molecule has 3 rings (SSSR count). The van der Waals surface area contributed by atoms with Crippen molar-refractivity contribution in [3.8, 4) is 22.6 Å². The highest BCUT2D eigenvalue weighted by Crippen LogP contribution is 2.34. The first-order valence-corrected chi connectivity index (χ1v) is 16.1. The Morgan fingerprint density at radius 1 is 0.745 bits per heavy atom. The van der Waals surface area contributed by atoms with Gasteiger partial charge < -0.3 is 33.2 Å². The van der Waals surface area contributed by atoms with Crippen molar-refractivity contribution < 1.29 is 47.6 Å². The van der Waals surface area contributed by atoms with Crippen LogP contribution in [0.1, 0.15) is 88.7 Å². The number of hydrogen-bond donors (Lipinski definition) is 1. The summed E-state index contributed by atoms with van der Waals surface area (Å²) >= 11 is 0. The molecule has 2 aromatic carbocycles. The molecule has 11 heteroatoms. The average molecular weight is 655 g/mol. The first-order chi connectivity index (χ1) is 22.8. The van der Waals surface area contributed by atoms with E-state index >= 15 is 0 Å². The molecule has 1 atom stereocenters. The van der Waals surface area contributed by atoms with Gasteiger partial charge >= 0.3 is 17.9 Å². The van der Waals surface area contributed by atoms with E-state index in [-0.39, 0.29) is 53.3 Å². The quantitative estimate of drug-likeness (QED) is 0.0677. The highest BCUT2D eigenvalue weighted by Gasteiger charge is 2.20. The van der Waals surface area contributed by atoms with Gasteiger partial charge in [0, 0.05) is 59.9 Å². The third-order valence-corrected chi connectivity index (χ3v) is 7.73. The Bertz CT molecular complexity index is 1490. The molecule has 47 heavy (non-hydrogen) atoms. The van der Waals surface area contributed by atoms with Crippen LogP contribution in [-0.4, -0.2) is 57.6 Å². The summed E-state index contributed by atoms with van der Waals surface area (Å²) in [5.74, 6) is -1.85. The molecule has 0 radical (unpaired) electrons. The van der Waals surface area contributed by atoms with Crippen molar-refractivity contribution in [2.45, 2.75) is 83.2 Å². The van der Waals surface area contributed by atoms with E-state index in [0.717, 1.165) is 31.2 Å². The van der Waals surface area contributed by atoms with Gasteiger partial charge in [-0.3, -0.25) is 19.2 Å². The lowest BCUT2D eigenvalue weighted by atomic mass is 9.99. The zero-order chi connectivity index (χ0) is 34.0. The average Bonchev–Trinajstić information content (AvgIpc) is 3.05. The molecule has 0 saturated heterocycles. The van der Waals surface area contributed by atoms with Crippen molar-refractivity contribution in [1.82, 2.24) is 0 Å². The van der Waals surface area contributed by atoms with Gasteiger partial charge in [0.25, 0.3) is 0 Å². The van der Waals surface area contributed by atoms with Crippen molar-refractivity contribution >= 4 is 28.9 Å². The smallest absolute Gasteiger partial charge is 0.311 e. The van der Waals surface area contributed by atoms with Crippen LogP contribution in [-0.2, 0) is 28.6 Å². The number of carboxylic acids is 1. The molecule has 256 valence electrons. The normalized spacial score (nSPS) is 11.8. The summed E-state index contributed by atoms with van der Waals surface area (Å²) < 4.78 is 32.8. The van der Waals surface area contributed by atoms with E-state index in [2.05, 4.69) is 0 Å². The number of rotatable bonds is 22. The van der Waals surface area contributed by atoms with E-state index in [1.807, 2.05) is 12.1 Å². The molecular formula is C36H46O11. The minimum Gasteiger partial charge on any atom is -0.481 e. The van der Waals surface area contributed by atoms with Gasteiger partial charge in [0.05, 0.1) is 17.1 Å². The fraction of sp³-hybridized carbons (Fsp3) is 0.500. The second-order valence-corrected chi connectivity index (χ2v) is 11.3. The topological polar surface area (TPSA) is 148 Å². The Hall–Kier alpha value is -4.06. The van der Waals surface area contributed by atoms with Crippen LogP contribution >= 0.6 is 0 Å². The highest BCUT2D eigenvalue weighted by atomic mass is 16.6. The lowest BCUT2D eigenvalue weighted by Gasteiger charge is -2.16. The van der Waals surface area contributed by atoms with Crippen LogP contribution in [0.3, 0.4) is 0 Å². The van der Waals surface area contributed by atoms with Crippen molar-refractivity contribution in [1.29, 1.82) is 0 Å². The molecule has 0 aliphatic carbocycles. The number of carbonyl (C=O) groups is 3. The van der Waals surface area contributed by atoms with E-state index in [0.29, 0.717) is 56.4 Å². The third kappa shape index (κ3) is 12.2. The minimum atomic E-state index is -0.821. The number of methoxy groups -OCH3 is 3. The number of hydrogen-bond acceptors (Lipinski definition) is 10. The van der Waals surface area contributed by atoms with Gasteiger partial charge in [0.2, 0.25) is 5.43 Å². The molecular weight excluding hydrogens is 608 g/mol. The molecule has 0 aliphatic rings. The zero-order valence-corrected chi connectivity index (χ0v) is 27.5. The Morgan fingerprint density at radius 3 is 1.87 bits per heavy atom. The molecule has 0 spiro atoms. The fourth-order valence-electron chi connectivity index (χ4n) is 5.13. The fourth-order valence-corrected chi connectivity index (χ4v) is 5.13. The second-order valence-electron chi connectivity index (χ2n) is 11.3. The lowest BCUT2D eigenvalue weighted by molar-refractivity contribution is -0.137. The van der Waals surface area contributed by atoms with Crippen LogP contribution in [0.15, 0.2) is 51.9 Å². The number of carboxylic acid groups (broad SMARTS) is 1. The lowest BCUT2D eigenvalue weighted by Crippen LogP contribution is -2.13. The van der Waals surface area contributed by atoms with Gasteiger partial charge in [0.1, 0.15) is 11.8 Å². The third-order valence-electron chi connectivity index (χ3n) is 7.73. The summed E-state index contributed by atoms with van der Waals surface area (Å²) in [7, 11) is 4.86. The van der Waals surface area contributed by atoms with Crippen LogP contribution in [0.25, 0.3) is 22.1 Å². The summed E-state index contributed by atoms with van der Waals surface area (Å²) in [5, 5.41) is 9.04. The van der Waals surface area contributed by atoms with E-state index in [1.54, 1.807) is 33.5 Å². The van der Waals surface area contributed by atoms with E-state index in [4.69, 9.17) is 33.2 Å². The van der Waals surface area contributed by atoms with Crippen LogP contribution in [0.4, 0.5) is 0 Å². The standard InChI is InChI=1S/C36H46O11/c1-42-20-10-4-6-14-34(39)46-31-22-27-30(23-32(31)47-35(40)15-7-5-11-21-43-2)45-24-28(36(27)41)25-16-18-26(19-17-25)29(44-3)12-8-9-13-33(37)38/h16-19,22-24,29H,4-15,20-21H2,1-3H3,(H,37,38)/t29-/m1/s1. The molecule has 3 aromatic rings. The van der Waals surface area contributed by atoms with Crippen LogP contribution < -0.4 is 14.9 Å². The predicted molar refractivity (Wildman–Crippen MR) is 176 cm³/mol. The number of carbonyl (C=O) groups excluding carboxylic acids is 2. The summed E-state index contributed by atoms with van der Waals surface area (Å²) in [6, 6.07) is 10.1. The van der Waals surface area contributed by atoms with Gasteiger partial charge in [-0.1, -0.05) is 37.1 Å². The summed E-state index contributed by atoms with van der Waals surface area (Å²) in [6.45, 7) is 1.22. The second kappa shape index (κ2) is 20.2. The van der Waals surface area contributed by atoms with Crippen LogP contribution in [0.2, 0.25) is 0 Å². The molecule has 1 N–H and O–H groups in total. The maximum Gasteiger partial charge on any atom is 0.311 e. The van der Waals surface area contributed by atoms with Crippen LogP contribution in [0.5, 0.6) is 11.5 Å². The van der Waals surface area contributed by atoms with E-state index < -0.39 is 17.9 Å². The van der Waals surface area contributed by atoms with Gasteiger partial charge in [-0.25, -0.2) is 0 Å². The van der Waals surface area contributed by atoms with Gasteiger partial charge in [0.15, 0.2) is 11.5 Å². The minimum absolute atomic E-state index is 0.00124. The van der Waals surface area contributed by atoms with Crippen molar-refractivity contribution in [2.75, 3.05) is 34.5 Å². The molecule has 1 aromatic heterocycles. The number of benzene rings is 2. The summed E-state index contributed by atoms with van der Waals surface area (Å²) in [4.78, 5) is 49.9. The zero-order valence-electron chi connectivity index (χ0n) is 27.5. The summed E-state index contributed by atoms with van der Waals surface area (Å²) in [5.41, 5.74) is 1.65.